The number of alkyl carbamates (subject to hydrolysis) is 1. The van der Waals surface area contributed by atoms with Crippen LogP contribution < -0.4 is 10.2 Å². The Bertz CT molecular complexity index is 1600. The summed E-state index contributed by atoms with van der Waals surface area (Å²) in [5, 5.41) is 12.4. The predicted molar refractivity (Wildman–Crippen MR) is 164 cm³/mol. The number of carboxylic acids is 1. The zero-order valence-electron chi connectivity index (χ0n) is 22.9. The number of ether oxygens (including phenoxy) is 1. The molecule has 1 unspecified atom stereocenters. The van der Waals surface area contributed by atoms with Crippen molar-refractivity contribution >= 4 is 29.1 Å². The van der Waals surface area contributed by atoms with E-state index in [0.29, 0.717) is 0 Å². The molecule has 42 heavy (non-hydrogen) atoms. The molecule has 0 bridgehead atoms. The van der Waals surface area contributed by atoms with E-state index in [2.05, 4.69) is 22.3 Å². The lowest BCUT2D eigenvalue weighted by atomic mass is 9.98. The number of benzene rings is 5. The first-order chi connectivity index (χ1) is 20.6. The van der Waals surface area contributed by atoms with Crippen LogP contribution in [-0.2, 0) is 16.0 Å². The molecule has 1 atom stereocenters. The van der Waals surface area contributed by atoms with Gasteiger partial charge in [-0.15, -0.1) is 0 Å². The molecule has 1 aliphatic carbocycles. The van der Waals surface area contributed by atoms with Gasteiger partial charge in [-0.25, -0.2) is 9.59 Å². The van der Waals surface area contributed by atoms with Crippen molar-refractivity contribution in [1.29, 1.82) is 0 Å². The highest BCUT2D eigenvalue weighted by molar-refractivity contribution is 5.81. The van der Waals surface area contributed by atoms with Crippen molar-refractivity contribution < 1.29 is 19.4 Å². The summed E-state index contributed by atoms with van der Waals surface area (Å²) in [6.45, 7) is 0.121. The number of carboxylic acid groups (broad SMARTS) is 1. The number of hydrogen-bond donors (Lipinski definition) is 2. The van der Waals surface area contributed by atoms with Gasteiger partial charge in [0.25, 0.3) is 0 Å². The first-order valence-corrected chi connectivity index (χ1v) is 13.9. The summed E-state index contributed by atoms with van der Waals surface area (Å²) in [6, 6.07) is 42.8. The SMILES string of the molecule is O=C(NC(Cc1ccc(N(c2ccccc2)c2ccccc2)cc1)C(=O)O)OCC1c2ccccc2-c2ccccc21. The van der Waals surface area contributed by atoms with Gasteiger partial charge in [0, 0.05) is 29.4 Å². The molecule has 0 spiro atoms. The van der Waals surface area contributed by atoms with Crippen LogP contribution >= 0.6 is 0 Å². The Morgan fingerprint density at radius 2 is 1.14 bits per heavy atom. The maximum Gasteiger partial charge on any atom is 0.407 e. The van der Waals surface area contributed by atoms with E-state index in [-0.39, 0.29) is 18.9 Å². The van der Waals surface area contributed by atoms with Gasteiger partial charge in [0.1, 0.15) is 12.6 Å². The number of carbonyl (C=O) groups is 2. The Kier molecular flexibility index (Phi) is 7.68. The van der Waals surface area contributed by atoms with Crippen molar-refractivity contribution in [3.05, 3.63) is 150 Å². The fourth-order valence-corrected chi connectivity index (χ4v) is 5.60. The molecule has 6 rings (SSSR count). The molecule has 5 aromatic carbocycles. The highest BCUT2D eigenvalue weighted by Gasteiger charge is 2.30. The predicted octanol–water partition coefficient (Wildman–Crippen LogP) is 7.69. The van der Waals surface area contributed by atoms with Crippen molar-refractivity contribution in [2.75, 3.05) is 11.5 Å². The molecular formula is C36H30N2O4. The van der Waals surface area contributed by atoms with E-state index in [0.717, 1.165) is 44.9 Å². The monoisotopic (exact) mass is 554 g/mol. The van der Waals surface area contributed by atoms with Crippen LogP contribution in [0.1, 0.15) is 22.6 Å². The molecule has 0 heterocycles. The van der Waals surface area contributed by atoms with E-state index in [1.807, 2.05) is 121 Å². The van der Waals surface area contributed by atoms with Gasteiger partial charge < -0.3 is 20.1 Å². The average Bonchev–Trinajstić information content (AvgIpc) is 3.35. The molecule has 0 aliphatic heterocycles. The molecule has 6 heteroatoms. The molecular weight excluding hydrogens is 524 g/mol. The molecule has 208 valence electrons. The van der Waals surface area contributed by atoms with Crippen molar-refractivity contribution in [2.24, 2.45) is 0 Å². The third-order valence-electron chi connectivity index (χ3n) is 7.60. The molecule has 2 N–H and O–H groups in total. The largest absolute Gasteiger partial charge is 0.480 e. The standard InChI is InChI=1S/C36H30N2O4/c39-35(40)34(37-36(41)42-24-33-31-17-9-7-15-29(31)30-16-8-10-18-32(30)33)23-25-19-21-28(22-20-25)38(26-11-3-1-4-12-26)27-13-5-2-6-14-27/h1-22,33-34H,23-24H2,(H,37,41)(H,39,40). The number of rotatable bonds is 9. The van der Waals surface area contributed by atoms with Crippen molar-refractivity contribution in [3.63, 3.8) is 0 Å². The molecule has 0 fully saturated rings. The number of hydrogen-bond acceptors (Lipinski definition) is 4. The second-order valence-corrected chi connectivity index (χ2v) is 10.2. The minimum atomic E-state index is -1.13. The second kappa shape index (κ2) is 12.0. The molecule has 6 nitrogen and oxygen atoms in total. The second-order valence-electron chi connectivity index (χ2n) is 10.2. The Morgan fingerprint density at radius 3 is 1.67 bits per heavy atom. The van der Waals surface area contributed by atoms with E-state index in [1.54, 1.807) is 0 Å². The van der Waals surface area contributed by atoms with E-state index >= 15 is 0 Å². The molecule has 0 saturated carbocycles. The number of aliphatic carboxylic acids is 1. The van der Waals surface area contributed by atoms with Crippen LogP contribution in [0.2, 0.25) is 0 Å². The third kappa shape index (κ3) is 5.60. The fourth-order valence-electron chi connectivity index (χ4n) is 5.60. The van der Waals surface area contributed by atoms with Gasteiger partial charge in [-0.2, -0.15) is 0 Å². The smallest absolute Gasteiger partial charge is 0.407 e. The number of fused-ring (bicyclic) bond motifs is 3. The number of anilines is 3. The van der Waals surface area contributed by atoms with Gasteiger partial charge in [0.2, 0.25) is 0 Å². The van der Waals surface area contributed by atoms with Crippen LogP contribution in [0.5, 0.6) is 0 Å². The summed E-state index contributed by atoms with van der Waals surface area (Å²) in [5.74, 6) is -1.22. The topological polar surface area (TPSA) is 78.9 Å². The Balaban J connectivity index is 1.13. The highest BCUT2D eigenvalue weighted by atomic mass is 16.5. The van der Waals surface area contributed by atoms with Crippen LogP contribution in [0.25, 0.3) is 11.1 Å². The lowest BCUT2D eigenvalue weighted by Gasteiger charge is -2.25. The van der Waals surface area contributed by atoms with Crippen LogP contribution in [0, 0.1) is 0 Å². The summed E-state index contributed by atoms with van der Waals surface area (Å²) < 4.78 is 5.59. The Morgan fingerprint density at radius 1 is 0.667 bits per heavy atom. The van der Waals surface area contributed by atoms with Crippen LogP contribution in [-0.4, -0.2) is 29.8 Å². The lowest BCUT2D eigenvalue weighted by molar-refractivity contribution is -0.139. The summed E-state index contributed by atoms with van der Waals surface area (Å²) >= 11 is 0. The van der Waals surface area contributed by atoms with Gasteiger partial charge in [-0.3, -0.25) is 0 Å². The van der Waals surface area contributed by atoms with E-state index in [4.69, 9.17) is 4.74 Å². The lowest BCUT2D eigenvalue weighted by Crippen LogP contribution is -2.42. The molecule has 0 aromatic heterocycles. The van der Waals surface area contributed by atoms with Gasteiger partial charge in [0.05, 0.1) is 0 Å². The fraction of sp³-hybridized carbons (Fsp3) is 0.111. The minimum Gasteiger partial charge on any atom is -0.480 e. The highest BCUT2D eigenvalue weighted by Crippen LogP contribution is 2.44. The number of nitrogens with one attached hydrogen (secondary N) is 1. The normalized spacial score (nSPS) is 12.6. The zero-order valence-corrected chi connectivity index (χ0v) is 22.9. The quantitative estimate of drug-likeness (QED) is 0.195. The number of amides is 1. The van der Waals surface area contributed by atoms with Crippen LogP contribution in [0.4, 0.5) is 21.9 Å². The number of para-hydroxylation sites is 2. The van der Waals surface area contributed by atoms with E-state index in [1.165, 1.54) is 0 Å². The number of nitrogens with zero attached hydrogens (tertiary/aromatic N) is 1. The van der Waals surface area contributed by atoms with Crippen molar-refractivity contribution in [1.82, 2.24) is 5.32 Å². The van der Waals surface area contributed by atoms with Gasteiger partial charge in [-0.1, -0.05) is 97.1 Å². The van der Waals surface area contributed by atoms with Crippen molar-refractivity contribution in [3.8, 4) is 11.1 Å². The molecule has 1 aliphatic rings. The minimum absolute atomic E-state index is 0.101. The Hall–Kier alpha value is -5.36. The summed E-state index contributed by atoms with van der Waals surface area (Å²) in [5.41, 5.74) is 8.20. The Labute approximate surface area is 244 Å². The molecule has 0 radical (unpaired) electrons. The number of carbonyl (C=O) groups excluding carboxylic acids is 1. The molecule has 0 saturated heterocycles. The van der Waals surface area contributed by atoms with E-state index in [9.17, 15) is 14.7 Å². The molecule has 5 aromatic rings. The maximum atomic E-state index is 12.8. The zero-order chi connectivity index (χ0) is 28.9. The van der Waals surface area contributed by atoms with Gasteiger partial charge >= 0.3 is 12.1 Å². The first kappa shape index (κ1) is 26.8. The van der Waals surface area contributed by atoms with Gasteiger partial charge in [0.15, 0.2) is 0 Å². The third-order valence-corrected chi connectivity index (χ3v) is 7.60. The van der Waals surface area contributed by atoms with Crippen LogP contribution in [0.15, 0.2) is 133 Å². The van der Waals surface area contributed by atoms with Crippen LogP contribution in [0.3, 0.4) is 0 Å². The summed E-state index contributed by atoms with van der Waals surface area (Å²) in [7, 11) is 0. The summed E-state index contributed by atoms with van der Waals surface area (Å²) in [4.78, 5) is 27.0. The first-order valence-electron chi connectivity index (χ1n) is 13.9. The molecule has 1 amide bonds. The van der Waals surface area contributed by atoms with Crippen molar-refractivity contribution in [2.45, 2.75) is 18.4 Å². The summed E-state index contributed by atoms with van der Waals surface area (Å²) in [6.07, 6.45) is -0.628. The maximum absolute atomic E-state index is 12.8. The van der Waals surface area contributed by atoms with E-state index < -0.39 is 18.1 Å². The van der Waals surface area contributed by atoms with Gasteiger partial charge in [-0.05, 0) is 64.2 Å². The average molecular weight is 555 g/mol.